The maximum absolute atomic E-state index is 11.3. The predicted molar refractivity (Wildman–Crippen MR) is 111 cm³/mol. The lowest BCUT2D eigenvalue weighted by Crippen LogP contribution is -2.47. The first-order valence-electron chi connectivity index (χ1n) is 9.39. The van der Waals surface area contributed by atoms with Gasteiger partial charge in [-0.05, 0) is 43.4 Å². The second-order valence-corrected chi connectivity index (χ2v) is 8.60. The summed E-state index contributed by atoms with van der Waals surface area (Å²) in [5, 5.41) is 3.41. The monoisotopic (exact) mass is 422 g/mol. The number of rotatable bonds is 6. The third-order valence-electron chi connectivity index (χ3n) is 4.89. The number of hydrogen-bond donors (Lipinski definition) is 2. The zero-order chi connectivity index (χ0) is 19.2. The highest BCUT2D eigenvalue weighted by Crippen LogP contribution is 2.26. The number of amides is 1. The molecule has 26 heavy (non-hydrogen) atoms. The Morgan fingerprint density at radius 1 is 1.38 bits per heavy atom. The molecule has 3 N–H and O–H groups in total. The van der Waals surface area contributed by atoms with Gasteiger partial charge in [0.1, 0.15) is 0 Å². The molecule has 5 nitrogen and oxygen atoms in total. The van der Waals surface area contributed by atoms with Crippen molar-refractivity contribution in [2.75, 3.05) is 26.2 Å². The number of likely N-dealkylation sites (tertiary alicyclic amines) is 1. The van der Waals surface area contributed by atoms with Gasteiger partial charge in [0.05, 0.1) is 6.54 Å². The fourth-order valence-corrected chi connectivity index (χ4v) is 3.66. The fraction of sp³-hybridized carbons (Fsp3) is 0.600. The van der Waals surface area contributed by atoms with E-state index in [0.29, 0.717) is 18.9 Å². The highest BCUT2D eigenvalue weighted by Gasteiger charge is 2.25. The van der Waals surface area contributed by atoms with Crippen LogP contribution in [0.3, 0.4) is 0 Å². The van der Waals surface area contributed by atoms with Gasteiger partial charge in [-0.15, -0.1) is 0 Å². The molecule has 6 heteroatoms. The molecule has 1 aromatic rings. The van der Waals surface area contributed by atoms with Gasteiger partial charge in [0.2, 0.25) is 5.91 Å². The average molecular weight is 423 g/mol. The van der Waals surface area contributed by atoms with E-state index in [-0.39, 0.29) is 11.3 Å². The smallest absolute Gasteiger partial charge is 0.217 e. The number of nitrogens with zero attached hydrogens (tertiary/aromatic N) is 2. The molecule has 0 aliphatic carbocycles. The number of benzene rings is 1. The van der Waals surface area contributed by atoms with Crippen LogP contribution in [0.5, 0.6) is 0 Å². The van der Waals surface area contributed by atoms with Crippen molar-refractivity contribution in [2.45, 2.75) is 45.4 Å². The topological polar surface area (TPSA) is 70.7 Å². The minimum absolute atomic E-state index is 0.0518. The Bertz CT molecular complexity index is 627. The van der Waals surface area contributed by atoms with Crippen molar-refractivity contribution in [3.63, 3.8) is 0 Å². The molecule has 1 amide bonds. The molecule has 0 bridgehead atoms. The molecule has 1 fully saturated rings. The minimum atomic E-state index is -0.213. The molecule has 2 rings (SSSR count). The molecule has 0 saturated carbocycles. The van der Waals surface area contributed by atoms with Gasteiger partial charge in [-0.25, -0.2) is 0 Å². The van der Waals surface area contributed by atoms with Gasteiger partial charge in [-0.3, -0.25) is 9.79 Å². The molecule has 1 aliphatic rings. The number of guanidine groups is 1. The van der Waals surface area contributed by atoms with E-state index in [9.17, 15) is 4.79 Å². The van der Waals surface area contributed by atoms with Crippen LogP contribution in [0.2, 0.25) is 0 Å². The summed E-state index contributed by atoms with van der Waals surface area (Å²) in [5.74, 6) is 1.05. The SMILES string of the molecule is CCNC(=NCC(C)(C)c1ccc(Br)cc1)N1CCCC(CC(N)=O)C1. The van der Waals surface area contributed by atoms with Crippen molar-refractivity contribution >= 4 is 27.8 Å². The fourth-order valence-electron chi connectivity index (χ4n) is 3.40. The predicted octanol–water partition coefficient (Wildman–Crippen LogP) is 3.28. The van der Waals surface area contributed by atoms with Gasteiger partial charge >= 0.3 is 0 Å². The van der Waals surface area contributed by atoms with E-state index in [0.717, 1.165) is 42.9 Å². The summed E-state index contributed by atoms with van der Waals surface area (Å²) in [5.41, 5.74) is 6.60. The van der Waals surface area contributed by atoms with Gasteiger partial charge < -0.3 is 16.0 Å². The Morgan fingerprint density at radius 2 is 2.08 bits per heavy atom. The van der Waals surface area contributed by atoms with Crippen molar-refractivity contribution in [3.8, 4) is 0 Å². The van der Waals surface area contributed by atoms with Crippen LogP contribution in [0.25, 0.3) is 0 Å². The van der Waals surface area contributed by atoms with Crippen LogP contribution < -0.4 is 11.1 Å². The molecule has 1 aromatic carbocycles. The van der Waals surface area contributed by atoms with E-state index in [1.54, 1.807) is 0 Å². The van der Waals surface area contributed by atoms with Gasteiger partial charge in [0.15, 0.2) is 5.96 Å². The van der Waals surface area contributed by atoms with Crippen LogP contribution in [0, 0.1) is 5.92 Å². The molecule has 1 aliphatic heterocycles. The number of piperidine rings is 1. The first-order chi connectivity index (χ1) is 12.3. The maximum atomic E-state index is 11.3. The number of nitrogens with one attached hydrogen (secondary N) is 1. The highest BCUT2D eigenvalue weighted by molar-refractivity contribution is 9.10. The summed E-state index contributed by atoms with van der Waals surface area (Å²) in [7, 11) is 0. The molecule has 0 radical (unpaired) electrons. The number of halogens is 1. The highest BCUT2D eigenvalue weighted by atomic mass is 79.9. The molecule has 1 unspecified atom stereocenters. The van der Waals surface area contributed by atoms with Crippen LogP contribution in [0.1, 0.15) is 45.6 Å². The van der Waals surface area contributed by atoms with Crippen molar-refractivity contribution in [2.24, 2.45) is 16.6 Å². The Balaban J connectivity index is 2.09. The van der Waals surface area contributed by atoms with E-state index < -0.39 is 0 Å². The zero-order valence-electron chi connectivity index (χ0n) is 16.1. The quantitative estimate of drug-likeness (QED) is 0.545. The molecular weight excluding hydrogens is 392 g/mol. The van der Waals surface area contributed by atoms with E-state index in [2.05, 4.69) is 71.2 Å². The van der Waals surface area contributed by atoms with Gasteiger partial charge in [0.25, 0.3) is 0 Å². The standard InChI is InChI=1S/C20H31BrN4O/c1-4-23-19(25-11-5-6-15(13-25)12-18(22)26)24-14-20(2,3)16-7-9-17(21)10-8-16/h7-10,15H,4-6,11-14H2,1-3H3,(H2,22,26)(H,23,24). The van der Waals surface area contributed by atoms with Crippen LogP contribution in [-0.4, -0.2) is 42.9 Å². The van der Waals surface area contributed by atoms with E-state index >= 15 is 0 Å². The number of aliphatic imine (C=N–C) groups is 1. The van der Waals surface area contributed by atoms with E-state index in [4.69, 9.17) is 10.7 Å². The summed E-state index contributed by atoms with van der Waals surface area (Å²) >= 11 is 3.49. The van der Waals surface area contributed by atoms with Crippen molar-refractivity contribution in [3.05, 3.63) is 34.3 Å². The van der Waals surface area contributed by atoms with Crippen LogP contribution >= 0.6 is 15.9 Å². The Kier molecular flexibility index (Phi) is 7.50. The lowest BCUT2D eigenvalue weighted by Gasteiger charge is -2.35. The van der Waals surface area contributed by atoms with Crippen molar-refractivity contribution in [1.82, 2.24) is 10.2 Å². The first-order valence-corrected chi connectivity index (χ1v) is 10.2. The molecule has 1 atom stereocenters. The third-order valence-corrected chi connectivity index (χ3v) is 5.42. The number of carbonyl (C=O) groups is 1. The summed E-state index contributed by atoms with van der Waals surface area (Å²) < 4.78 is 1.09. The van der Waals surface area contributed by atoms with Crippen LogP contribution in [0.4, 0.5) is 0 Å². The van der Waals surface area contributed by atoms with Crippen molar-refractivity contribution in [1.29, 1.82) is 0 Å². The lowest BCUT2D eigenvalue weighted by molar-refractivity contribution is -0.119. The summed E-state index contributed by atoms with van der Waals surface area (Å²) in [6, 6.07) is 8.45. The van der Waals surface area contributed by atoms with Gasteiger partial charge in [0, 0.05) is 35.9 Å². The maximum Gasteiger partial charge on any atom is 0.217 e. The minimum Gasteiger partial charge on any atom is -0.370 e. The first kappa shape index (κ1) is 20.7. The lowest BCUT2D eigenvalue weighted by atomic mass is 9.85. The van der Waals surface area contributed by atoms with Gasteiger partial charge in [-0.2, -0.15) is 0 Å². The zero-order valence-corrected chi connectivity index (χ0v) is 17.7. The molecule has 0 spiro atoms. The molecular formula is C20H31BrN4O. The number of hydrogen-bond acceptors (Lipinski definition) is 2. The second kappa shape index (κ2) is 9.40. The number of carbonyl (C=O) groups excluding carboxylic acids is 1. The number of primary amides is 1. The summed E-state index contributed by atoms with van der Waals surface area (Å²) in [6.07, 6.45) is 2.59. The molecule has 1 saturated heterocycles. The van der Waals surface area contributed by atoms with E-state index in [1.807, 2.05) is 0 Å². The average Bonchev–Trinajstić information content (AvgIpc) is 2.58. The Labute approximate surface area is 165 Å². The molecule has 144 valence electrons. The summed E-state index contributed by atoms with van der Waals surface area (Å²) in [4.78, 5) is 18.5. The van der Waals surface area contributed by atoms with Crippen LogP contribution in [0.15, 0.2) is 33.7 Å². The van der Waals surface area contributed by atoms with E-state index in [1.165, 1.54) is 5.56 Å². The van der Waals surface area contributed by atoms with Crippen LogP contribution in [-0.2, 0) is 10.2 Å². The summed E-state index contributed by atoms with van der Waals surface area (Å²) in [6.45, 7) is 9.86. The molecule has 1 heterocycles. The Morgan fingerprint density at radius 3 is 2.69 bits per heavy atom. The Hall–Kier alpha value is -1.56. The third kappa shape index (κ3) is 6.01. The normalized spacial score (nSPS) is 18.7. The van der Waals surface area contributed by atoms with Crippen molar-refractivity contribution < 1.29 is 4.79 Å². The van der Waals surface area contributed by atoms with Gasteiger partial charge in [-0.1, -0.05) is 41.9 Å². The molecule has 0 aromatic heterocycles. The largest absolute Gasteiger partial charge is 0.370 e. The second-order valence-electron chi connectivity index (χ2n) is 7.69. The number of nitrogens with two attached hydrogens (primary N) is 1.